The Morgan fingerprint density at radius 3 is 1.49 bits per heavy atom. The van der Waals surface area contributed by atoms with E-state index in [0.717, 1.165) is 99.1 Å². The van der Waals surface area contributed by atoms with Gasteiger partial charge in [0.2, 0.25) is 5.95 Å². The highest BCUT2D eigenvalue weighted by molar-refractivity contribution is 6.15. The van der Waals surface area contributed by atoms with E-state index in [1.54, 1.807) is 0 Å². The standard InChI is InChI=1S/C51H30N4O2/c1-2-12-32(13-3-1)49-52-50(54-51(53-49)55-43-21-7-4-14-35(43)36-15-5-8-22-44(36)55)33-26-24-31(25-27-33)34-28-29-38-40-18-11-20-42(48(40)57-46(38)30-34)41-19-10-17-39-37-16-6-9-23-45(37)56-47(39)41/h1-30H. The van der Waals surface area contributed by atoms with Gasteiger partial charge in [-0.3, -0.25) is 4.57 Å². The first kappa shape index (κ1) is 31.5. The van der Waals surface area contributed by atoms with E-state index in [9.17, 15) is 0 Å². The molecule has 8 aromatic carbocycles. The summed E-state index contributed by atoms with van der Waals surface area (Å²) in [4.78, 5) is 15.2. The number of aromatic nitrogens is 4. The van der Waals surface area contributed by atoms with Crippen molar-refractivity contribution in [1.82, 2.24) is 19.5 Å². The summed E-state index contributed by atoms with van der Waals surface area (Å²) in [5.74, 6) is 1.80. The number of fused-ring (bicyclic) bond motifs is 9. The van der Waals surface area contributed by atoms with E-state index in [2.05, 4.69) is 138 Å². The summed E-state index contributed by atoms with van der Waals surface area (Å²) >= 11 is 0. The fourth-order valence-corrected chi connectivity index (χ4v) is 8.41. The SMILES string of the molecule is c1ccc(-c2nc(-c3ccc(-c4ccc5c(c4)oc4c(-c6cccc7c6oc6ccccc67)cccc45)cc3)nc(-n3c4ccccc4c4ccccc43)n2)cc1. The summed E-state index contributed by atoms with van der Waals surface area (Å²) in [6.07, 6.45) is 0. The van der Waals surface area contributed by atoms with Gasteiger partial charge in [-0.25, -0.2) is 4.98 Å². The summed E-state index contributed by atoms with van der Waals surface area (Å²) in [7, 11) is 0. The van der Waals surface area contributed by atoms with Gasteiger partial charge in [-0.05, 0) is 41.5 Å². The van der Waals surface area contributed by atoms with Gasteiger partial charge in [-0.2, -0.15) is 9.97 Å². The van der Waals surface area contributed by atoms with Crippen LogP contribution in [0.15, 0.2) is 191 Å². The molecule has 0 amide bonds. The first-order valence-corrected chi connectivity index (χ1v) is 19.0. The highest BCUT2D eigenvalue weighted by atomic mass is 16.3. The second-order valence-corrected chi connectivity index (χ2v) is 14.4. The van der Waals surface area contributed by atoms with Crippen molar-refractivity contribution in [2.24, 2.45) is 0 Å². The van der Waals surface area contributed by atoms with Crippen LogP contribution in [0.4, 0.5) is 0 Å². The molecule has 0 saturated heterocycles. The Bertz CT molecular complexity index is 3470. The molecule has 0 fully saturated rings. The molecule has 12 rings (SSSR count). The zero-order valence-electron chi connectivity index (χ0n) is 30.4. The van der Waals surface area contributed by atoms with Gasteiger partial charge in [0.05, 0.1) is 11.0 Å². The highest BCUT2D eigenvalue weighted by Gasteiger charge is 2.20. The van der Waals surface area contributed by atoms with Crippen molar-refractivity contribution in [3.63, 3.8) is 0 Å². The Labute approximate surface area is 325 Å². The molecule has 266 valence electrons. The van der Waals surface area contributed by atoms with E-state index in [1.807, 2.05) is 48.5 Å². The molecule has 0 aliphatic carbocycles. The number of nitrogens with zero attached hydrogens (tertiary/aromatic N) is 4. The number of hydrogen-bond donors (Lipinski definition) is 0. The second kappa shape index (κ2) is 12.3. The van der Waals surface area contributed by atoms with Gasteiger partial charge in [0.1, 0.15) is 22.3 Å². The number of hydrogen-bond acceptors (Lipinski definition) is 5. The number of furan rings is 2. The third-order valence-corrected chi connectivity index (χ3v) is 11.1. The van der Waals surface area contributed by atoms with Crippen molar-refractivity contribution in [3.05, 3.63) is 182 Å². The molecular weight excluding hydrogens is 701 g/mol. The Morgan fingerprint density at radius 2 is 0.825 bits per heavy atom. The lowest BCUT2D eigenvalue weighted by Crippen LogP contribution is -2.06. The van der Waals surface area contributed by atoms with Crippen LogP contribution in [0.1, 0.15) is 0 Å². The minimum Gasteiger partial charge on any atom is -0.455 e. The molecule has 0 radical (unpaired) electrons. The maximum Gasteiger partial charge on any atom is 0.238 e. The van der Waals surface area contributed by atoms with Crippen molar-refractivity contribution < 1.29 is 8.83 Å². The van der Waals surface area contributed by atoms with Gasteiger partial charge in [-0.1, -0.05) is 152 Å². The van der Waals surface area contributed by atoms with E-state index in [-0.39, 0.29) is 0 Å². The van der Waals surface area contributed by atoms with Crippen LogP contribution in [0, 0.1) is 0 Å². The van der Waals surface area contributed by atoms with Crippen LogP contribution < -0.4 is 0 Å². The molecule has 0 saturated carbocycles. The van der Waals surface area contributed by atoms with Gasteiger partial charge in [0, 0.05) is 54.6 Å². The molecule has 6 nitrogen and oxygen atoms in total. The van der Waals surface area contributed by atoms with Crippen LogP contribution in [0.25, 0.3) is 117 Å². The summed E-state index contributed by atoms with van der Waals surface area (Å²) in [6, 6.07) is 62.6. The zero-order valence-corrected chi connectivity index (χ0v) is 30.4. The topological polar surface area (TPSA) is 69.9 Å². The molecule has 0 aliphatic rings. The van der Waals surface area contributed by atoms with Crippen LogP contribution >= 0.6 is 0 Å². The molecule has 12 aromatic rings. The minimum absolute atomic E-state index is 0.576. The smallest absolute Gasteiger partial charge is 0.238 e. The van der Waals surface area contributed by atoms with E-state index in [0.29, 0.717) is 17.6 Å². The molecule has 0 N–H and O–H groups in total. The first-order chi connectivity index (χ1) is 28.2. The average molecular weight is 731 g/mol. The Hall–Kier alpha value is -7.83. The number of rotatable bonds is 5. The number of para-hydroxylation sites is 5. The van der Waals surface area contributed by atoms with E-state index in [1.165, 1.54) is 0 Å². The van der Waals surface area contributed by atoms with Crippen molar-refractivity contribution >= 4 is 65.7 Å². The molecule has 57 heavy (non-hydrogen) atoms. The van der Waals surface area contributed by atoms with Crippen LogP contribution in [0.3, 0.4) is 0 Å². The lowest BCUT2D eigenvalue weighted by Gasteiger charge is -2.11. The van der Waals surface area contributed by atoms with Crippen LogP contribution in [0.2, 0.25) is 0 Å². The van der Waals surface area contributed by atoms with Gasteiger partial charge < -0.3 is 8.83 Å². The Morgan fingerprint density at radius 1 is 0.333 bits per heavy atom. The van der Waals surface area contributed by atoms with E-state index >= 15 is 0 Å². The Kier molecular flexibility index (Phi) is 6.83. The van der Waals surface area contributed by atoms with Crippen LogP contribution in [-0.4, -0.2) is 19.5 Å². The Balaban J connectivity index is 0.951. The molecule has 4 heterocycles. The third-order valence-electron chi connectivity index (χ3n) is 11.1. The fraction of sp³-hybridized carbons (Fsp3) is 0. The summed E-state index contributed by atoms with van der Waals surface area (Å²) in [5, 5.41) is 6.65. The summed E-state index contributed by atoms with van der Waals surface area (Å²) < 4.78 is 15.3. The van der Waals surface area contributed by atoms with E-state index < -0.39 is 0 Å². The maximum atomic E-state index is 6.71. The van der Waals surface area contributed by atoms with Gasteiger partial charge in [-0.15, -0.1) is 0 Å². The van der Waals surface area contributed by atoms with E-state index in [4.69, 9.17) is 23.8 Å². The first-order valence-electron chi connectivity index (χ1n) is 19.0. The summed E-state index contributed by atoms with van der Waals surface area (Å²) in [6.45, 7) is 0. The monoisotopic (exact) mass is 730 g/mol. The predicted octanol–water partition coefficient (Wildman–Crippen LogP) is 13.4. The molecule has 6 heteroatoms. The van der Waals surface area contributed by atoms with Crippen LogP contribution in [-0.2, 0) is 0 Å². The molecule has 4 aromatic heterocycles. The molecule has 0 unspecified atom stereocenters. The van der Waals surface area contributed by atoms with Gasteiger partial charge in [0.25, 0.3) is 0 Å². The highest BCUT2D eigenvalue weighted by Crippen LogP contribution is 2.42. The zero-order chi connectivity index (χ0) is 37.5. The number of benzene rings is 8. The molecule has 0 aliphatic heterocycles. The van der Waals surface area contributed by atoms with Crippen molar-refractivity contribution in [2.75, 3.05) is 0 Å². The third kappa shape index (κ3) is 4.94. The predicted molar refractivity (Wildman–Crippen MR) is 230 cm³/mol. The maximum absolute atomic E-state index is 6.71. The van der Waals surface area contributed by atoms with Crippen molar-refractivity contribution in [1.29, 1.82) is 0 Å². The molecule has 0 bridgehead atoms. The van der Waals surface area contributed by atoms with Crippen molar-refractivity contribution in [2.45, 2.75) is 0 Å². The normalized spacial score (nSPS) is 11.9. The second-order valence-electron chi connectivity index (χ2n) is 14.4. The quantitative estimate of drug-likeness (QED) is 0.176. The molecular formula is C51H30N4O2. The van der Waals surface area contributed by atoms with Crippen LogP contribution in [0.5, 0.6) is 0 Å². The van der Waals surface area contributed by atoms with Gasteiger partial charge in [0.15, 0.2) is 11.6 Å². The fourth-order valence-electron chi connectivity index (χ4n) is 8.41. The minimum atomic E-state index is 0.576. The largest absolute Gasteiger partial charge is 0.455 e. The van der Waals surface area contributed by atoms with Crippen molar-refractivity contribution in [3.8, 4) is 51.0 Å². The lowest BCUT2D eigenvalue weighted by molar-refractivity contribution is 0.665. The van der Waals surface area contributed by atoms with Gasteiger partial charge >= 0.3 is 0 Å². The summed E-state index contributed by atoms with van der Waals surface area (Å²) in [5.41, 5.74) is 11.5. The lowest BCUT2D eigenvalue weighted by atomic mass is 9.99. The molecule has 0 atom stereocenters. The average Bonchev–Trinajstić information content (AvgIpc) is 3.96. The molecule has 0 spiro atoms.